The van der Waals surface area contributed by atoms with Crippen LogP contribution in [0.25, 0.3) is 6.08 Å². The second-order valence-electron chi connectivity index (χ2n) is 6.03. The van der Waals surface area contributed by atoms with Gasteiger partial charge in [0.25, 0.3) is 0 Å². The highest BCUT2D eigenvalue weighted by atomic mass is 79.9. The van der Waals surface area contributed by atoms with Crippen LogP contribution in [0.3, 0.4) is 0 Å². The molecule has 2 aromatic carbocycles. The third-order valence-corrected chi connectivity index (χ3v) is 5.23. The van der Waals surface area contributed by atoms with Gasteiger partial charge in [0.05, 0.1) is 11.4 Å². The predicted octanol–water partition coefficient (Wildman–Crippen LogP) is 5.55. The number of carbonyl (C=O) groups excluding carboxylic acids is 2. The Morgan fingerprint density at radius 1 is 1.18 bits per heavy atom. The molecule has 7 heteroatoms. The van der Waals surface area contributed by atoms with Crippen molar-refractivity contribution in [1.82, 2.24) is 4.98 Å². The molecule has 3 aromatic rings. The summed E-state index contributed by atoms with van der Waals surface area (Å²) < 4.78 is 0.895. The van der Waals surface area contributed by atoms with Crippen molar-refractivity contribution in [1.29, 1.82) is 0 Å². The van der Waals surface area contributed by atoms with E-state index in [1.54, 1.807) is 11.0 Å². The van der Waals surface area contributed by atoms with Gasteiger partial charge in [-0.05, 0) is 42.8 Å². The van der Waals surface area contributed by atoms with Crippen molar-refractivity contribution in [2.45, 2.75) is 13.8 Å². The summed E-state index contributed by atoms with van der Waals surface area (Å²) in [6.45, 7) is 3.43. The largest absolute Gasteiger partial charge is 0.322 e. The first-order chi connectivity index (χ1) is 13.4. The van der Waals surface area contributed by atoms with E-state index in [-0.39, 0.29) is 11.8 Å². The molecule has 142 valence electrons. The molecular weight excluding hydrogens is 438 g/mol. The van der Waals surface area contributed by atoms with Gasteiger partial charge in [0, 0.05) is 28.5 Å². The summed E-state index contributed by atoms with van der Waals surface area (Å²) in [4.78, 5) is 30.3. The Kier molecular flexibility index (Phi) is 6.38. The maximum absolute atomic E-state index is 12.2. The van der Waals surface area contributed by atoms with Crippen molar-refractivity contribution >= 4 is 61.7 Å². The zero-order valence-electron chi connectivity index (χ0n) is 15.3. The van der Waals surface area contributed by atoms with Crippen LogP contribution in [0.5, 0.6) is 0 Å². The van der Waals surface area contributed by atoms with Crippen LogP contribution < -0.4 is 10.2 Å². The summed E-state index contributed by atoms with van der Waals surface area (Å²) in [6, 6.07) is 15.0. The maximum Gasteiger partial charge on any atom is 0.248 e. The second-order valence-corrected chi connectivity index (χ2v) is 7.78. The number of carbonyl (C=O) groups is 2. The van der Waals surface area contributed by atoms with E-state index in [2.05, 4.69) is 26.2 Å². The number of aromatic nitrogens is 1. The summed E-state index contributed by atoms with van der Waals surface area (Å²) in [5, 5.41) is 5.22. The van der Waals surface area contributed by atoms with Crippen molar-refractivity contribution in [3.8, 4) is 0 Å². The molecule has 0 radical (unpaired) electrons. The van der Waals surface area contributed by atoms with Crippen LogP contribution in [0, 0.1) is 6.92 Å². The van der Waals surface area contributed by atoms with Crippen molar-refractivity contribution in [2.24, 2.45) is 0 Å². The molecule has 1 N–H and O–H groups in total. The van der Waals surface area contributed by atoms with E-state index >= 15 is 0 Å². The van der Waals surface area contributed by atoms with Gasteiger partial charge in [0.2, 0.25) is 11.8 Å². The van der Waals surface area contributed by atoms with E-state index in [1.165, 1.54) is 24.3 Å². The van der Waals surface area contributed by atoms with Gasteiger partial charge >= 0.3 is 0 Å². The highest BCUT2D eigenvalue weighted by Gasteiger charge is 2.17. The molecular formula is C21H18BrN3O2S. The van der Waals surface area contributed by atoms with Gasteiger partial charge in [-0.25, -0.2) is 4.98 Å². The van der Waals surface area contributed by atoms with Crippen LogP contribution in [-0.2, 0) is 9.59 Å². The molecule has 0 bridgehead atoms. The fourth-order valence-electron chi connectivity index (χ4n) is 2.52. The van der Waals surface area contributed by atoms with Gasteiger partial charge in [-0.2, -0.15) is 0 Å². The minimum Gasteiger partial charge on any atom is -0.322 e. The van der Waals surface area contributed by atoms with Crippen molar-refractivity contribution in [2.75, 3.05) is 10.2 Å². The number of thiazole rings is 1. The third-order valence-electron chi connectivity index (χ3n) is 3.89. The van der Waals surface area contributed by atoms with Crippen LogP contribution in [0.4, 0.5) is 16.5 Å². The fourth-order valence-corrected chi connectivity index (χ4v) is 3.74. The van der Waals surface area contributed by atoms with Crippen LogP contribution in [0.15, 0.2) is 64.5 Å². The number of nitrogens with one attached hydrogen (secondary N) is 1. The van der Waals surface area contributed by atoms with Crippen molar-refractivity contribution < 1.29 is 9.59 Å². The van der Waals surface area contributed by atoms with E-state index in [0.29, 0.717) is 10.8 Å². The molecule has 28 heavy (non-hydrogen) atoms. The van der Waals surface area contributed by atoms with Gasteiger partial charge in [0.1, 0.15) is 0 Å². The molecule has 1 heterocycles. The van der Waals surface area contributed by atoms with Gasteiger partial charge in [-0.15, -0.1) is 11.3 Å². The Morgan fingerprint density at radius 3 is 2.64 bits per heavy atom. The lowest BCUT2D eigenvalue weighted by Gasteiger charge is -2.17. The molecule has 2 amide bonds. The number of amides is 2. The molecule has 0 saturated carbocycles. The van der Waals surface area contributed by atoms with E-state index in [9.17, 15) is 9.59 Å². The summed E-state index contributed by atoms with van der Waals surface area (Å²) in [5.41, 5.74) is 3.08. The summed E-state index contributed by atoms with van der Waals surface area (Å²) >= 11 is 4.74. The van der Waals surface area contributed by atoms with Crippen molar-refractivity contribution in [3.05, 3.63) is 75.7 Å². The van der Waals surface area contributed by atoms with Crippen LogP contribution in [-0.4, -0.2) is 16.8 Å². The second kappa shape index (κ2) is 8.95. The summed E-state index contributed by atoms with van der Waals surface area (Å²) in [6.07, 6.45) is 3.06. The minimum absolute atomic E-state index is 0.126. The zero-order valence-corrected chi connectivity index (χ0v) is 17.8. The molecule has 0 aliphatic rings. The van der Waals surface area contributed by atoms with Crippen LogP contribution >= 0.6 is 27.3 Å². The normalized spacial score (nSPS) is 10.8. The monoisotopic (exact) mass is 455 g/mol. The molecule has 3 rings (SSSR count). The van der Waals surface area contributed by atoms with Gasteiger partial charge in [-0.1, -0.05) is 40.2 Å². The predicted molar refractivity (Wildman–Crippen MR) is 118 cm³/mol. The average Bonchev–Trinajstić information content (AvgIpc) is 3.12. The number of para-hydroxylation sites is 1. The number of benzene rings is 2. The lowest BCUT2D eigenvalue weighted by atomic mass is 10.2. The zero-order chi connectivity index (χ0) is 20.1. The Balaban J connectivity index is 1.73. The Morgan fingerprint density at radius 2 is 1.93 bits per heavy atom. The number of anilines is 3. The Hall–Kier alpha value is -2.77. The van der Waals surface area contributed by atoms with Gasteiger partial charge in [-0.3, -0.25) is 14.5 Å². The maximum atomic E-state index is 12.2. The fraction of sp³-hybridized carbons (Fsp3) is 0.0952. The number of rotatable bonds is 5. The molecule has 1 aromatic heterocycles. The molecule has 0 atom stereocenters. The molecule has 0 unspecified atom stereocenters. The van der Waals surface area contributed by atoms with Gasteiger partial charge < -0.3 is 5.32 Å². The first-order valence-corrected chi connectivity index (χ1v) is 10.2. The highest BCUT2D eigenvalue weighted by Crippen LogP contribution is 2.29. The molecule has 0 saturated heterocycles. The van der Waals surface area contributed by atoms with E-state index < -0.39 is 0 Å². The quantitative estimate of drug-likeness (QED) is 0.512. The third kappa shape index (κ3) is 4.94. The first kappa shape index (κ1) is 20.0. The van der Waals surface area contributed by atoms with Crippen molar-refractivity contribution in [3.63, 3.8) is 0 Å². The Labute approximate surface area is 175 Å². The van der Waals surface area contributed by atoms with Crippen LogP contribution in [0.1, 0.15) is 18.2 Å². The van der Waals surface area contributed by atoms with E-state index in [1.807, 2.05) is 60.8 Å². The summed E-state index contributed by atoms with van der Waals surface area (Å²) in [5.74, 6) is -0.374. The number of nitrogens with zero attached hydrogens (tertiary/aromatic N) is 2. The van der Waals surface area contributed by atoms with E-state index in [4.69, 9.17) is 0 Å². The highest BCUT2D eigenvalue weighted by molar-refractivity contribution is 9.10. The number of hydrogen-bond donors (Lipinski definition) is 1. The lowest BCUT2D eigenvalue weighted by Crippen LogP contribution is -2.22. The van der Waals surface area contributed by atoms with Crippen LogP contribution in [0.2, 0.25) is 0 Å². The molecule has 0 aliphatic carbocycles. The topological polar surface area (TPSA) is 62.3 Å². The smallest absolute Gasteiger partial charge is 0.248 e. The number of aryl methyl sites for hydroxylation is 1. The molecule has 0 fully saturated rings. The average molecular weight is 456 g/mol. The minimum atomic E-state index is -0.248. The number of hydrogen-bond acceptors (Lipinski definition) is 4. The summed E-state index contributed by atoms with van der Waals surface area (Å²) in [7, 11) is 0. The SMILES string of the molecule is CC(=O)N(c1ccccc1)c1nc(C=CC(=O)Nc2cc(Br)ccc2C)cs1. The Bertz CT molecular complexity index is 1030. The molecule has 0 spiro atoms. The molecule has 5 nitrogen and oxygen atoms in total. The lowest BCUT2D eigenvalue weighted by molar-refractivity contribution is -0.116. The number of halogens is 1. The standard InChI is InChI=1S/C21H18BrN3O2S/c1-14-8-9-16(22)12-19(14)24-20(27)11-10-17-13-28-21(23-17)25(15(2)26)18-6-4-3-5-7-18/h3-13H,1-2H3,(H,24,27). The van der Waals surface area contributed by atoms with E-state index in [0.717, 1.165) is 21.4 Å². The van der Waals surface area contributed by atoms with Gasteiger partial charge in [0.15, 0.2) is 5.13 Å². The first-order valence-electron chi connectivity index (χ1n) is 8.50. The molecule has 0 aliphatic heterocycles.